The second kappa shape index (κ2) is 6.66. The lowest BCUT2D eigenvalue weighted by atomic mass is 10.1. The number of anilines is 1. The zero-order valence-corrected chi connectivity index (χ0v) is 13.5. The lowest BCUT2D eigenvalue weighted by Crippen LogP contribution is -2.13. The minimum absolute atomic E-state index is 0.0384. The van der Waals surface area contributed by atoms with Gasteiger partial charge in [0.1, 0.15) is 11.6 Å². The Hall–Kier alpha value is -2.61. The van der Waals surface area contributed by atoms with Gasteiger partial charge in [-0.15, -0.1) is 11.3 Å². The molecule has 112 valence electrons. The lowest BCUT2D eigenvalue weighted by molar-refractivity contribution is -0.112. The Morgan fingerprint density at radius 3 is 2.65 bits per heavy atom. The quantitative estimate of drug-likeness (QED) is 0.533. The van der Waals surface area contributed by atoms with Gasteiger partial charge in [-0.1, -0.05) is 48.0 Å². The van der Waals surface area contributed by atoms with E-state index in [2.05, 4.69) is 5.32 Å². The molecule has 0 bridgehead atoms. The molecular weight excluding hydrogens is 328 g/mol. The molecule has 23 heavy (non-hydrogen) atoms. The number of halogens is 1. The number of benzene rings is 2. The van der Waals surface area contributed by atoms with Crippen molar-refractivity contribution in [3.63, 3.8) is 0 Å². The molecule has 3 aromatic rings. The minimum Gasteiger partial charge on any atom is -0.321 e. The highest BCUT2D eigenvalue weighted by molar-refractivity contribution is 7.17. The second-order valence-electron chi connectivity index (χ2n) is 4.79. The van der Waals surface area contributed by atoms with Crippen LogP contribution in [0.25, 0.3) is 16.8 Å². The number of carbonyl (C=O) groups excluding carboxylic acids is 1. The highest BCUT2D eigenvalue weighted by Gasteiger charge is 2.11. The molecule has 0 fully saturated rings. The van der Waals surface area contributed by atoms with Gasteiger partial charge in [-0.25, -0.2) is 0 Å². The third-order valence-corrected chi connectivity index (χ3v) is 4.46. The first kappa shape index (κ1) is 15.3. The maximum absolute atomic E-state index is 12.4. The number of thiophene rings is 1. The summed E-state index contributed by atoms with van der Waals surface area (Å²) in [5.74, 6) is -0.437. The van der Waals surface area contributed by atoms with Gasteiger partial charge in [-0.05, 0) is 29.7 Å². The van der Waals surface area contributed by atoms with Crippen molar-refractivity contribution in [3.05, 3.63) is 69.4 Å². The third kappa shape index (κ3) is 3.42. The number of hydrogen-bond acceptors (Lipinski definition) is 3. The number of hydrogen-bond donors (Lipinski definition) is 1. The zero-order valence-electron chi connectivity index (χ0n) is 11.9. The van der Waals surface area contributed by atoms with E-state index in [1.807, 2.05) is 48.5 Å². The van der Waals surface area contributed by atoms with Crippen LogP contribution in [0.1, 0.15) is 4.88 Å². The first-order valence-corrected chi connectivity index (χ1v) is 8.03. The molecule has 0 saturated carbocycles. The molecule has 0 aliphatic rings. The van der Waals surface area contributed by atoms with Crippen LogP contribution in [0.2, 0.25) is 4.34 Å². The Kier molecular flexibility index (Phi) is 4.42. The van der Waals surface area contributed by atoms with Gasteiger partial charge in [0.2, 0.25) is 0 Å². The van der Waals surface area contributed by atoms with E-state index in [4.69, 9.17) is 11.6 Å². The Labute approximate surface area is 142 Å². The van der Waals surface area contributed by atoms with E-state index in [0.29, 0.717) is 10.0 Å². The van der Waals surface area contributed by atoms with Crippen LogP contribution < -0.4 is 5.32 Å². The number of rotatable bonds is 3. The van der Waals surface area contributed by atoms with Crippen LogP contribution in [0.3, 0.4) is 0 Å². The standard InChI is InChI=1S/C18H11ClN2OS/c19-17-9-8-14(23-17)10-13(11-20)18(22)21-16-7-3-5-12-4-1-2-6-15(12)16/h1-10H,(H,21,22)/b13-10+. The lowest BCUT2D eigenvalue weighted by Gasteiger charge is -2.08. The van der Waals surface area contributed by atoms with E-state index in [1.54, 1.807) is 12.1 Å². The van der Waals surface area contributed by atoms with Crippen molar-refractivity contribution in [1.29, 1.82) is 5.26 Å². The summed E-state index contributed by atoms with van der Waals surface area (Å²) in [5.41, 5.74) is 0.718. The summed E-state index contributed by atoms with van der Waals surface area (Å²) in [7, 11) is 0. The Morgan fingerprint density at radius 2 is 1.91 bits per heavy atom. The molecule has 1 aromatic heterocycles. The summed E-state index contributed by atoms with van der Waals surface area (Å²) in [6, 6.07) is 18.9. The minimum atomic E-state index is -0.437. The van der Waals surface area contributed by atoms with Crippen molar-refractivity contribution >= 4 is 51.4 Å². The second-order valence-corrected chi connectivity index (χ2v) is 6.54. The molecule has 0 aliphatic heterocycles. The topological polar surface area (TPSA) is 52.9 Å². The molecule has 0 aliphatic carbocycles. The zero-order chi connectivity index (χ0) is 16.2. The Balaban J connectivity index is 1.90. The third-order valence-electron chi connectivity index (χ3n) is 3.28. The molecule has 1 N–H and O–H groups in total. The fraction of sp³-hybridized carbons (Fsp3) is 0. The average Bonchev–Trinajstić information content (AvgIpc) is 2.98. The van der Waals surface area contributed by atoms with Crippen molar-refractivity contribution < 1.29 is 4.79 Å². The number of nitriles is 1. The van der Waals surface area contributed by atoms with Crippen LogP contribution in [-0.2, 0) is 4.79 Å². The van der Waals surface area contributed by atoms with E-state index < -0.39 is 5.91 Å². The summed E-state index contributed by atoms with van der Waals surface area (Å²) in [5, 5.41) is 14.0. The molecule has 3 rings (SSSR count). The van der Waals surface area contributed by atoms with Gasteiger partial charge in [-0.2, -0.15) is 5.26 Å². The molecule has 5 heteroatoms. The number of fused-ring (bicyclic) bond motifs is 1. The average molecular weight is 339 g/mol. The van der Waals surface area contributed by atoms with E-state index in [1.165, 1.54) is 17.4 Å². The number of amides is 1. The maximum atomic E-state index is 12.4. The van der Waals surface area contributed by atoms with E-state index in [0.717, 1.165) is 15.6 Å². The highest BCUT2D eigenvalue weighted by atomic mass is 35.5. The van der Waals surface area contributed by atoms with Gasteiger partial charge >= 0.3 is 0 Å². The van der Waals surface area contributed by atoms with Crippen LogP contribution in [0.5, 0.6) is 0 Å². The molecule has 0 saturated heterocycles. The molecule has 1 heterocycles. The van der Waals surface area contributed by atoms with Crippen LogP contribution in [-0.4, -0.2) is 5.91 Å². The van der Waals surface area contributed by atoms with Crippen molar-refractivity contribution in [2.24, 2.45) is 0 Å². The van der Waals surface area contributed by atoms with Crippen molar-refractivity contribution in [3.8, 4) is 6.07 Å². The largest absolute Gasteiger partial charge is 0.321 e. The van der Waals surface area contributed by atoms with Gasteiger partial charge in [0.15, 0.2) is 0 Å². The van der Waals surface area contributed by atoms with Crippen LogP contribution >= 0.6 is 22.9 Å². The fourth-order valence-electron chi connectivity index (χ4n) is 2.22. The van der Waals surface area contributed by atoms with Crippen LogP contribution in [0.15, 0.2) is 60.2 Å². The van der Waals surface area contributed by atoms with Crippen LogP contribution in [0, 0.1) is 11.3 Å². The highest BCUT2D eigenvalue weighted by Crippen LogP contribution is 2.25. The summed E-state index contributed by atoms with van der Waals surface area (Å²) in [6.07, 6.45) is 1.54. The molecule has 1 amide bonds. The Morgan fingerprint density at radius 1 is 1.13 bits per heavy atom. The van der Waals surface area contributed by atoms with E-state index in [-0.39, 0.29) is 5.57 Å². The van der Waals surface area contributed by atoms with Gasteiger partial charge in [-0.3, -0.25) is 4.79 Å². The molecule has 2 aromatic carbocycles. The van der Waals surface area contributed by atoms with Crippen molar-refractivity contribution in [2.75, 3.05) is 5.32 Å². The molecule has 3 nitrogen and oxygen atoms in total. The first-order chi connectivity index (χ1) is 11.2. The van der Waals surface area contributed by atoms with Gasteiger partial charge in [0, 0.05) is 16.0 Å². The van der Waals surface area contributed by atoms with Gasteiger partial charge in [0.05, 0.1) is 4.34 Å². The smallest absolute Gasteiger partial charge is 0.266 e. The fourth-order valence-corrected chi connectivity index (χ4v) is 3.23. The van der Waals surface area contributed by atoms with E-state index in [9.17, 15) is 10.1 Å². The Bertz CT molecular complexity index is 948. The predicted octanol–water partition coefficient (Wildman–Crippen LogP) is 5.10. The molecule has 0 atom stereocenters. The first-order valence-electron chi connectivity index (χ1n) is 6.83. The van der Waals surface area contributed by atoms with E-state index >= 15 is 0 Å². The summed E-state index contributed by atoms with van der Waals surface area (Å²) >= 11 is 7.18. The summed E-state index contributed by atoms with van der Waals surface area (Å²) < 4.78 is 0.614. The monoisotopic (exact) mass is 338 g/mol. The normalized spacial score (nSPS) is 11.2. The predicted molar refractivity (Wildman–Crippen MR) is 95.5 cm³/mol. The van der Waals surface area contributed by atoms with Crippen molar-refractivity contribution in [1.82, 2.24) is 0 Å². The van der Waals surface area contributed by atoms with Crippen molar-refractivity contribution in [2.45, 2.75) is 0 Å². The van der Waals surface area contributed by atoms with Crippen LogP contribution in [0.4, 0.5) is 5.69 Å². The SMILES string of the molecule is N#C/C(=C\c1ccc(Cl)s1)C(=O)Nc1cccc2ccccc12. The molecular formula is C18H11ClN2OS. The molecule has 0 spiro atoms. The molecule has 0 unspecified atom stereocenters. The van der Waals surface area contributed by atoms with Gasteiger partial charge in [0.25, 0.3) is 5.91 Å². The summed E-state index contributed by atoms with van der Waals surface area (Å²) in [4.78, 5) is 13.1. The molecule has 0 radical (unpaired) electrons. The number of nitrogens with one attached hydrogen (secondary N) is 1. The summed E-state index contributed by atoms with van der Waals surface area (Å²) in [6.45, 7) is 0. The number of carbonyl (C=O) groups is 1. The van der Waals surface area contributed by atoms with Gasteiger partial charge < -0.3 is 5.32 Å². The maximum Gasteiger partial charge on any atom is 0.266 e. The number of nitrogens with zero attached hydrogens (tertiary/aromatic N) is 1.